The van der Waals surface area contributed by atoms with Crippen LogP contribution in [0, 0.1) is 6.92 Å². The molecule has 0 aliphatic carbocycles. The van der Waals surface area contributed by atoms with E-state index in [4.69, 9.17) is 0 Å². The second-order valence-electron chi connectivity index (χ2n) is 5.35. The zero-order valence-corrected chi connectivity index (χ0v) is 14.6. The molecule has 22 heavy (non-hydrogen) atoms. The number of hydrogen-bond acceptors (Lipinski definition) is 2. The summed E-state index contributed by atoms with van der Waals surface area (Å²) in [7, 11) is -3.43. The van der Waals surface area contributed by atoms with Gasteiger partial charge in [-0.1, -0.05) is 51.8 Å². The molecule has 0 saturated heterocycles. The van der Waals surface area contributed by atoms with Crippen LogP contribution in [0.1, 0.15) is 11.1 Å². The van der Waals surface area contributed by atoms with E-state index in [1.807, 2.05) is 49.4 Å². The van der Waals surface area contributed by atoms with Gasteiger partial charge in [-0.2, -0.15) is 4.31 Å². The molecule has 0 aromatic heterocycles. The lowest BCUT2D eigenvalue weighted by Gasteiger charge is -2.17. The number of halogens is 1. The molecule has 0 fully saturated rings. The predicted octanol–water partition coefficient (Wildman–Crippen LogP) is 3.85. The summed E-state index contributed by atoms with van der Waals surface area (Å²) in [5.74, 6) is 0. The minimum atomic E-state index is -3.43. The molecule has 0 spiro atoms. The lowest BCUT2D eigenvalue weighted by Crippen LogP contribution is -2.29. The van der Waals surface area contributed by atoms with Crippen molar-refractivity contribution in [2.24, 2.45) is 0 Å². The van der Waals surface area contributed by atoms with Crippen LogP contribution in [0.15, 0.2) is 64.0 Å². The van der Waals surface area contributed by atoms with Crippen molar-refractivity contribution in [3.8, 4) is 0 Å². The number of aryl methyl sites for hydroxylation is 1. The van der Waals surface area contributed by atoms with Gasteiger partial charge in [0.1, 0.15) is 0 Å². The SMILES string of the molecule is Cc1ccc(S(=O)(=O)N2CC=C(c3ccc(Br)cc3)C2)cc1. The third-order valence-electron chi connectivity index (χ3n) is 3.76. The number of hydrogen-bond donors (Lipinski definition) is 0. The molecule has 2 aromatic rings. The lowest BCUT2D eigenvalue weighted by atomic mass is 10.1. The molecule has 114 valence electrons. The van der Waals surface area contributed by atoms with Crippen molar-refractivity contribution in [1.29, 1.82) is 0 Å². The summed E-state index contributed by atoms with van der Waals surface area (Å²) in [6, 6.07) is 14.9. The van der Waals surface area contributed by atoms with Gasteiger partial charge in [-0.25, -0.2) is 8.42 Å². The van der Waals surface area contributed by atoms with Gasteiger partial charge in [-0.15, -0.1) is 0 Å². The van der Waals surface area contributed by atoms with Crippen molar-refractivity contribution in [3.05, 3.63) is 70.2 Å². The standard InChI is InChI=1S/C17H16BrNO2S/c1-13-2-8-17(9-3-13)22(20,21)19-11-10-15(12-19)14-4-6-16(18)7-5-14/h2-10H,11-12H2,1H3. The van der Waals surface area contributed by atoms with Gasteiger partial charge < -0.3 is 0 Å². The summed E-state index contributed by atoms with van der Waals surface area (Å²) in [4.78, 5) is 0.351. The fourth-order valence-corrected chi connectivity index (χ4v) is 4.07. The zero-order chi connectivity index (χ0) is 15.7. The van der Waals surface area contributed by atoms with Crippen molar-refractivity contribution in [2.75, 3.05) is 13.1 Å². The molecule has 0 unspecified atom stereocenters. The molecular weight excluding hydrogens is 362 g/mol. The van der Waals surface area contributed by atoms with E-state index >= 15 is 0 Å². The molecule has 0 atom stereocenters. The maximum atomic E-state index is 12.7. The second kappa shape index (κ2) is 5.99. The first kappa shape index (κ1) is 15.5. The first-order valence-electron chi connectivity index (χ1n) is 6.98. The van der Waals surface area contributed by atoms with E-state index in [-0.39, 0.29) is 0 Å². The Hall–Kier alpha value is -1.43. The Morgan fingerprint density at radius 2 is 1.64 bits per heavy atom. The molecule has 0 amide bonds. The zero-order valence-electron chi connectivity index (χ0n) is 12.2. The molecular formula is C17H16BrNO2S. The van der Waals surface area contributed by atoms with E-state index in [2.05, 4.69) is 15.9 Å². The predicted molar refractivity (Wildman–Crippen MR) is 92.1 cm³/mol. The number of sulfonamides is 1. The van der Waals surface area contributed by atoms with Crippen LogP contribution in [0.5, 0.6) is 0 Å². The van der Waals surface area contributed by atoms with E-state index < -0.39 is 10.0 Å². The van der Waals surface area contributed by atoms with Crippen molar-refractivity contribution in [3.63, 3.8) is 0 Å². The third kappa shape index (κ3) is 3.02. The van der Waals surface area contributed by atoms with E-state index in [1.165, 1.54) is 4.31 Å². The van der Waals surface area contributed by atoms with Crippen molar-refractivity contribution >= 4 is 31.5 Å². The Morgan fingerprint density at radius 3 is 2.27 bits per heavy atom. The van der Waals surface area contributed by atoms with Crippen LogP contribution in [0.25, 0.3) is 5.57 Å². The molecule has 3 nitrogen and oxygen atoms in total. The third-order valence-corrected chi connectivity index (χ3v) is 6.12. The van der Waals surface area contributed by atoms with Crippen LogP contribution >= 0.6 is 15.9 Å². The van der Waals surface area contributed by atoms with Crippen molar-refractivity contribution in [2.45, 2.75) is 11.8 Å². The Morgan fingerprint density at radius 1 is 1.00 bits per heavy atom. The lowest BCUT2D eigenvalue weighted by molar-refractivity contribution is 0.490. The van der Waals surface area contributed by atoms with Gasteiger partial charge in [0.15, 0.2) is 0 Å². The average molecular weight is 378 g/mol. The molecule has 1 heterocycles. The number of benzene rings is 2. The molecule has 5 heteroatoms. The van der Waals surface area contributed by atoms with Crippen LogP contribution in [0.2, 0.25) is 0 Å². The summed E-state index contributed by atoms with van der Waals surface area (Å²) in [5, 5.41) is 0. The highest BCUT2D eigenvalue weighted by atomic mass is 79.9. The molecule has 0 bridgehead atoms. The van der Waals surface area contributed by atoms with Gasteiger partial charge in [0.25, 0.3) is 0 Å². The van der Waals surface area contributed by atoms with Crippen LogP contribution in [0.3, 0.4) is 0 Å². The van der Waals surface area contributed by atoms with Crippen LogP contribution in [-0.2, 0) is 10.0 Å². The van der Waals surface area contributed by atoms with E-state index in [9.17, 15) is 8.42 Å². The van der Waals surface area contributed by atoms with Gasteiger partial charge in [-0.05, 0) is 42.3 Å². The smallest absolute Gasteiger partial charge is 0.207 e. The Labute approximate surface area is 139 Å². The molecule has 0 radical (unpaired) electrons. The highest BCUT2D eigenvalue weighted by molar-refractivity contribution is 9.10. The van der Waals surface area contributed by atoms with Crippen LogP contribution in [-0.4, -0.2) is 25.8 Å². The average Bonchev–Trinajstić information content (AvgIpc) is 2.99. The van der Waals surface area contributed by atoms with Gasteiger partial charge in [0.05, 0.1) is 4.90 Å². The Balaban J connectivity index is 1.81. The summed E-state index contributed by atoms with van der Waals surface area (Å²) in [5.41, 5.74) is 3.15. The largest absolute Gasteiger partial charge is 0.243 e. The second-order valence-corrected chi connectivity index (χ2v) is 8.20. The van der Waals surface area contributed by atoms with E-state index in [0.717, 1.165) is 21.2 Å². The number of nitrogens with zero attached hydrogens (tertiary/aromatic N) is 1. The summed E-state index contributed by atoms with van der Waals surface area (Å²) >= 11 is 3.41. The normalized spacial score (nSPS) is 15.8. The van der Waals surface area contributed by atoms with Gasteiger partial charge in [0.2, 0.25) is 10.0 Å². The van der Waals surface area contributed by atoms with Crippen LogP contribution < -0.4 is 0 Å². The molecule has 1 aliphatic rings. The highest BCUT2D eigenvalue weighted by Gasteiger charge is 2.28. The van der Waals surface area contributed by atoms with Gasteiger partial charge >= 0.3 is 0 Å². The molecule has 0 N–H and O–H groups in total. The maximum Gasteiger partial charge on any atom is 0.243 e. The monoisotopic (exact) mass is 377 g/mol. The Kier molecular flexibility index (Phi) is 4.21. The number of rotatable bonds is 3. The fraction of sp³-hybridized carbons (Fsp3) is 0.176. The van der Waals surface area contributed by atoms with E-state index in [1.54, 1.807) is 12.1 Å². The van der Waals surface area contributed by atoms with Gasteiger partial charge in [0, 0.05) is 17.6 Å². The van der Waals surface area contributed by atoms with Crippen molar-refractivity contribution in [1.82, 2.24) is 4.31 Å². The topological polar surface area (TPSA) is 37.4 Å². The summed E-state index contributed by atoms with van der Waals surface area (Å²) in [6.45, 7) is 2.78. The minimum absolute atomic E-state index is 0.351. The summed E-state index contributed by atoms with van der Waals surface area (Å²) in [6.07, 6.45) is 1.98. The van der Waals surface area contributed by atoms with E-state index in [0.29, 0.717) is 18.0 Å². The molecule has 1 aliphatic heterocycles. The first-order chi connectivity index (χ1) is 10.5. The molecule has 0 saturated carbocycles. The maximum absolute atomic E-state index is 12.7. The molecule has 3 rings (SSSR count). The highest BCUT2D eigenvalue weighted by Crippen LogP contribution is 2.27. The van der Waals surface area contributed by atoms with Crippen molar-refractivity contribution < 1.29 is 8.42 Å². The molecule has 2 aromatic carbocycles. The fourth-order valence-electron chi connectivity index (χ4n) is 2.45. The van der Waals surface area contributed by atoms with Crippen LogP contribution in [0.4, 0.5) is 0 Å². The van der Waals surface area contributed by atoms with Gasteiger partial charge in [-0.3, -0.25) is 0 Å². The first-order valence-corrected chi connectivity index (χ1v) is 9.22. The Bertz CT molecular complexity index is 809. The summed E-state index contributed by atoms with van der Waals surface area (Å²) < 4.78 is 27.8. The quantitative estimate of drug-likeness (QED) is 0.814. The minimum Gasteiger partial charge on any atom is -0.207 e.